The molecule has 3 aliphatic heterocycles. The van der Waals surface area contributed by atoms with Gasteiger partial charge in [-0.3, -0.25) is 9.59 Å². The minimum absolute atomic E-state index is 0.0384. The van der Waals surface area contributed by atoms with Crippen LogP contribution in [0.15, 0.2) is 51.5 Å². The topological polar surface area (TPSA) is 166 Å². The zero-order valence-corrected chi connectivity index (χ0v) is 27.0. The Morgan fingerprint density at radius 2 is 1.90 bits per heavy atom. The predicted molar refractivity (Wildman–Crippen MR) is 167 cm³/mol. The van der Waals surface area contributed by atoms with Crippen molar-refractivity contribution in [2.24, 2.45) is 17.8 Å². The summed E-state index contributed by atoms with van der Waals surface area (Å²) in [5, 5.41) is 16.9. The van der Waals surface area contributed by atoms with Crippen LogP contribution in [0.25, 0.3) is 11.6 Å². The van der Waals surface area contributed by atoms with Gasteiger partial charge in [0.25, 0.3) is 0 Å². The number of aliphatic hydroxyl groups is 1. The van der Waals surface area contributed by atoms with Crippen LogP contribution in [0.3, 0.4) is 0 Å². The molecule has 0 saturated heterocycles. The first-order valence-corrected chi connectivity index (χ1v) is 15.9. The molecule has 4 bridgehead atoms. The molecule has 48 heavy (non-hydrogen) atoms. The Kier molecular flexibility index (Phi) is 7.61. The van der Waals surface area contributed by atoms with E-state index in [1.165, 1.54) is 19.2 Å². The van der Waals surface area contributed by atoms with E-state index in [1.54, 1.807) is 26.0 Å². The largest absolute Gasteiger partial charge is 0.469 e. The molecular weight excluding hydrogens is 623 g/mol. The van der Waals surface area contributed by atoms with Gasteiger partial charge >= 0.3 is 5.97 Å². The van der Waals surface area contributed by atoms with Crippen molar-refractivity contribution in [3.8, 4) is 17.3 Å². The second-order valence-electron chi connectivity index (χ2n) is 13.2. The molecule has 1 amide bonds. The summed E-state index contributed by atoms with van der Waals surface area (Å²) in [4.78, 5) is 48.7. The van der Waals surface area contributed by atoms with E-state index in [0.29, 0.717) is 22.6 Å². The highest BCUT2D eigenvalue weighted by molar-refractivity contribution is 5.90. The SMILES string of the molecule is COC(=O)c1coc(-c2nc3oc2C24c5ccc(F)cc5N[C@H]2Oc2ccc(cc24)C[C@H](CC(=O)[C@@H](O)C(C)C)C(=O)N[C@H]3C(C)C)n1. The quantitative estimate of drug-likeness (QED) is 0.236. The number of amides is 1. The standard InChI is InChI=1S/C35H35FN4O8/c1-15(2)26-32-40-27(31-37-23(14-46-31)33(44)45-5)29(48-32)35-20-8-7-19(36)13-22(20)38-34(35)47-25-9-6-17(11-21(25)35)10-18(30(43)39-26)12-24(41)28(42)16(3)4/h6-9,11,13-16,18,26,28,34,38,42H,10,12H2,1-5H3,(H,39,43)/t18-,26+,28+,34+,35?/m1/s1. The fourth-order valence-corrected chi connectivity index (χ4v) is 6.91. The van der Waals surface area contributed by atoms with Gasteiger partial charge in [0.05, 0.1) is 7.11 Å². The number of benzene rings is 2. The number of anilines is 1. The van der Waals surface area contributed by atoms with Gasteiger partial charge in [0.2, 0.25) is 17.7 Å². The normalized spacial score (nSPS) is 22.9. The molecule has 0 aliphatic carbocycles. The lowest BCUT2D eigenvalue weighted by Crippen LogP contribution is -2.41. The number of ether oxygens (including phenoxy) is 2. The lowest BCUT2D eigenvalue weighted by Gasteiger charge is -2.28. The van der Waals surface area contributed by atoms with E-state index in [9.17, 15) is 23.9 Å². The molecule has 3 aliphatic rings. The van der Waals surface area contributed by atoms with Crippen LogP contribution in [-0.4, -0.2) is 52.2 Å². The van der Waals surface area contributed by atoms with Gasteiger partial charge in [-0.1, -0.05) is 45.9 Å². The van der Waals surface area contributed by atoms with Crippen LogP contribution < -0.4 is 15.4 Å². The van der Waals surface area contributed by atoms with E-state index in [2.05, 4.69) is 15.6 Å². The minimum Gasteiger partial charge on any atom is -0.469 e. The Morgan fingerprint density at radius 1 is 1.10 bits per heavy atom. The van der Waals surface area contributed by atoms with E-state index in [0.717, 1.165) is 11.8 Å². The number of carbonyl (C=O) groups is 3. The van der Waals surface area contributed by atoms with Gasteiger partial charge < -0.3 is 34.0 Å². The highest BCUT2D eigenvalue weighted by Gasteiger charge is 2.61. The molecular formula is C35H35FN4O8. The first-order chi connectivity index (χ1) is 22.9. The molecule has 13 heteroatoms. The lowest BCUT2D eigenvalue weighted by molar-refractivity contribution is -0.135. The van der Waals surface area contributed by atoms with Gasteiger partial charge in [-0.2, -0.15) is 0 Å². The Balaban J connectivity index is 1.49. The molecule has 4 aromatic rings. The number of hydrogen-bond acceptors (Lipinski definition) is 11. The van der Waals surface area contributed by atoms with Crippen molar-refractivity contribution in [2.45, 2.75) is 64.3 Å². The number of nitrogens with one attached hydrogen (secondary N) is 2. The fraction of sp³-hybridized carbons (Fsp3) is 0.400. The van der Waals surface area contributed by atoms with Crippen molar-refractivity contribution in [1.82, 2.24) is 15.3 Å². The third-order valence-corrected chi connectivity index (χ3v) is 9.40. The predicted octanol–water partition coefficient (Wildman–Crippen LogP) is 4.70. The second-order valence-corrected chi connectivity index (χ2v) is 13.2. The number of methoxy groups -OCH3 is 1. The summed E-state index contributed by atoms with van der Waals surface area (Å²) in [6, 6.07) is 9.12. The van der Waals surface area contributed by atoms with Crippen molar-refractivity contribution >= 4 is 23.3 Å². The summed E-state index contributed by atoms with van der Waals surface area (Å²) in [6.07, 6.45) is -0.873. The number of halogens is 1. The van der Waals surface area contributed by atoms with Crippen LogP contribution >= 0.6 is 0 Å². The maximum Gasteiger partial charge on any atom is 0.360 e. The Labute approximate surface area is 275 Å². The zero-order valence-electron chi connectivity index (χ0n) is 27.0. The van der Waals surface area contributed by atoms with E-state index in [4.69, 9.17) is 23.3 Å². The maximum atomic E-state index is 14.6. The average Bonchev–Trinajstić information content (AvgIpc) is 3.83. The monoisotopic (exact) mass is 658 g/mol. The Morgan fingerprint density at radius 3 is 2.62 bits per heavy atom. The minimum atomic E-state index is -1.25. The van der Waals surface area contributed by atoms with E-state index >= 15 is 0 Å². The summed E-state index contributed by atoms with van der Waals surface area (Å²) in [7, 11) is 1.23. The van der Waals surface area contributed by atoms with Crippen LogP contribution in [0, 0.1) is 23.6 Å². The van der Waals surface area contributed by atoms with Crippen molar-refractivity contribution in [2.75, 3.05) is 12.4 Å². The molecule has 5 atom stereocenters. The number of esters is 1. The maximum absolute atomic E-state index is 14.6. The van der Waals surface area contributed by atoms with Crippen molar-refractivity contribution in [1.29, 1.82) is 0 Å². The second kappa shape index (κ2) is 11.6. The third-order valence-electron chi connectivity index (χ3n) is 9.40. The molecule has 0 fully saturated rings. The number of aliphatic hydroxyl groups excluding tert-OH is 1. The summed E-state index contributed by atoms with van der Waals surface area (Å²) >= 11 is 0. The molecule has 2 aromatic heterocycles. The summed E-state index contributed by atoms with van der Waals surface area (Å²) in [6.45, 7) is 7.26. The smallest absolute Gasteiger partial charge is 0.360 e. The first-order valence-electron chi connectivity index (χ1n) is 15.9. The van der Waals surface area contributed by atoms with Gasteiger partial charge in [0.15, 0.2) is 29.2 Å². The zero-order chi connectivity index (χ0) is 34.1. The number of oxazole rings is 2. The van der Waals surface area contributed by atoms with Crippen LogP contribution in [0.4, 0.5) is 10.1 Å². The number of hydrogen-bond donors (Lipinski definition) is 3. The highest BCUT2D eigenvalue weighted by atomic mass is 19.1. The molecule has 12 nitrogen and oxygen atoms in total. The van der Waals surface area contributed by atoms with Crippen LogP contribution in [0.1, 0.15) is 79.0 Å². The number of ketones is 1. The average molecular weight is 659 g/mol. The van der Waals surface area contributed by atoms with Crippen molar-refractivity contribution < 1.29 is 42.2 Å². The van der Waals surface area contributed by atoms with Crippen molar-refractivity contribution in [3.63, 3.8) is 0 Å². The van der Waals surface area contributed by atoms with Crippen LogP contribution in [0.2, 0.25) is 0 Å². The number of Topliss-reactive ketones (excluding diaryl/α,β-unsaturated/α-hetero) is 1. The number of fused-ring (bicyclic) bond motifs is 4. The molecule has 3 N–H and O–H groups in total. The van der Waals surface area contributed by atoms with Gasteiger partial charge in [-0.05, 0) is 47.6 Å². The fourth-order valence-electron chi connectivity index (χ4n) is 6.91. The summed E-state index contributed by atoms with van der Waals surface area (Å²) in [5.74, 6) is -2.53. The summed E-state index contributed by atoms with van der Waals surface area (Å²) in [5.41, 5.74) is 1.32. The van der Waals surface area contributed by atoms with Crippen LogP contribution in [-0.2, 0) is 26.2 Å². The Hall–Kier alpha value is -5.04. The Bertz CT molecular complexity index is 1950. The van der Waals surface area contributed by atoms with Gasteiger partial charge in [0.1, 0.15) is 35.4 Å². The molecule has 1 unspecified atom stereocenters. The molecule has 7 rings (SSSR count). The molecule has 0 saturated carbocycles. The molecule has 5 heterocycles. The first kappa shape index (κ1) is 31.6. The molecule has 0 radical (unpaired) electrons. The highest BCUT2D eigenvalue weighted by Crippen LogP contribution is 2.59. The number of aromatic nitrogens is 2. The van der Waals surface area contributed by atoms with Gasteiger partial charge in [-0.25, -0.2) is 19.2 Å². The lowest BCUT2D eigenvalue weighted by atomic mass is 9.72. The van der Waals surface area contributed by atoms with Crippen LogP contribution in [0.5, 0.6) is 5.75 Å². The van der Waals surface area contributed by atoms with Gasteiger partial charge in [0, 0.05) is 23.6 Å². The number of rotatable bonds is 7. The van der Waals surface area contributed by atoms with E-state index in [1.807, 2.05) is 26.0 Å². The third kappa shape index (κ3) is 4.86. The molecule has 2 aromatic carbocycles. The molecule has 1 spiro atoms. The molecule has 250 valence electrons. The number of carbonyl (C=O) groups excluding carboxylic acids is 3. The van der Waals surface area contributed by atoms with Gasteiger partial charge in [-0.15, -0.1) is 0 Å². The van der Waals surface area contributed by atoms with E-state index < -0.39 is 53.2 Å². The summed E-state index contributed by atoms with van der Waals surface area (Å²) < 4.78 is 38.4. The number of nitrogens with zero attached hydrogens (tertiary/aromatic N) is 2. The van der Waals surface area contributed by atoms with Crippen molar-refractivity contribution in [3.05, 3.63) is 82.5 Å². The van der Waals surface area contributed by atoms with E-state index in [-0.39, 0.29) is 53.6 Å².